The Hall–Kier alpha value is -0.243. The molecule has 0 aromatic heterocycles. The lowest BCUT2D eigenvalue weighted by Crippen LogP contribution is -2.67. The molecule has 0 bridgehead atoms. The van der Waals surface area contributed by atoms with Gasteiger partial charge in [0, 0.05) is 27.8 Å². The van der Waals surface area contributed by atoms with E-state index in [2.05, 4.69) is 27.6 Å². The van der Waals surface area contributed by atoms with Crippen LogP contribution in [0.3, 0.4) is 0 Å². The Kier molecular flexibility index (Phi) is 8.81. The summed E-state index contributed by atoms with van der Waals surface area (Å²) in [6.45, 7) is 10.1. The third-order valence-corrected chi connectivity index (χ3v) is 7.28. The molecular weight excluding hydrogens is 274 g/mol. The lowest BCUT2D eigenvalue weighted by molar-refractivity contribution is -0.906. The molecule has 0 aromatic carbocycles. The molecule has 0 amide bonds. The van der Waals surface area contributed by atoms with E-state index < -0.39 is 8.80 Å². The van der Waals surface area contributed by atoms with E-state index in [1.807, 2.05) is 6.92 Å². The smallest absolute Gasteiger partial charge is 0.373 e. The third kappa shape index (κ3) is 5.27. The first-order valence-electron chi connectivity index (χ1n) is 6.99. The van der Waals surface area contributed by atoms with Crippen molar-refractivity contribution in [1.82, 2.24) is 0 Å². The van der Waals surface area contributed by atoms with Crippen LogP contribution >= 0.6 is 0 Å². The van der Waals surface area contributed by atoms with E-state index in [1.54, 1.807) is 21.3 Å². The Morgan fingerprint density at radius 1 is 1.15 bits per heavy atom. The van der Waals surface area contributed by atoms with Crippen LogP contribution in [-0.4, -0.2) is 74.1 Å². The molecular formula is C14H32NO4Si+. The fraction of sp³-hybridized carbons (Fsp3) is 0.857. The summed E-state index contributed by atoms with van der Waals surface area (Å²) >= 11 is 0. The zero-order valence-electron chi connectivity index (χ0n) is 14.2. The highest BCUT2D eigenvalue weighted by atomic mass is 28.4. The van der Waals surface area contributed by atoms with Crippen LogP contribution in [0.4, 0.5) is 0 Å². The van der Waals surface area contributed by atoms with Gasteiger partial charge in [0.1, 0.15) is 6.54 Å². The van der Waals surface area contributed by atoms with E-state index in [0.717, 1.165) is 23.0 Å². The standard InChI is InChI=1S/C14H32NO4Si/c1-9-14(20(16-6,17-7)18-8)15(4,5)10-11-19-12-13(2)3/h14H,2,9-12H2,1,3-8H3/q+1. The molecule has 0 radical (unpaired) electrons. The molecule has 0 heterocycles. The Morgan fingerprint density at radius 3 is 2.00 bits per heavy atom. The van der Waals surface area contributed by atoms with Gasteiger partial charge in [0.2, 0.25) is 0 Å². The summed E-state index contributed by atoms with van der Waals surface area (Å²) in [4.78, 5) is 0. The van der Waals surface area contributed by atoms with Crippen LogP contribution in [0.15, 0.2) is 12.2 Å². The van der Waals surface area contributed by atoms with E-state index in [0.29, 0.717) is 13.2 Å². The normalized spacial score (nSPS) is 14.3. The van der Waals surface area contributed by atoms with E-state index in [1.165, 1.54) is 0 Å². The Morgan fingerprint density at radius 2 is 1.65 bits per heavy atom. The van der Waals surface area contributed by atoms with Crippen molar-refractivity contribution in [2.24, 2.45) is 0 Å². The quantitative estimate of drug-likeness (QED) is 0.253. The molecule has 120 valence electrons. The van der Waals surface area contributed by atoms with Crippen LogP contribution in [0.25, 0.3) is 0 Å². The first-order chi connectivity index (χ1) is 9.29. The summed E-state index contributed by atoms with van der Waals surface area (Å²) in [5.41, 5.74) is 1.22. The topological polar surface area (TPSA) is 36.9 Å². The summed E-state index contributed by atoms with van der Waals surface area (Å²) in [6, 6.07) is 0. The van der Waals surface area contributed by atoms with Crippen LogP contribution in [0.1, 0.15) is 20.3 Å². The summed E-state index contributed by atoms with van der Waals surface area (Å²) in [7, 11) is 6.66. The Bertz CT molecular complexity index is 285. The lowest BCUT2D eigenvalue weighted by Gasteiger charge is -2.43. The molecule has 0 spiro atoms. The van der Waals surface area contributed by atoms with Crippen molar-refractivity contribution in [2.75, 3.05) is 55.2 Å². The van der Waals surface area contributed by atoms with Crippen molar-refractivity contribution >= 4 is 8.80 Å². The first kappa shape index (κ1) is 19.8. The molecule has 0 rings (SSSR count). The van der Waals surface area contributed by atoms with Gasteiger partial charge in [-0.1, -0.05) is 19.1 Å². The lowest BCUT2D eigenvalue weighted by atomic mass is 10.3. The second-order valence-corrected chi connectivity index (χ2v) is 8.75. The molecule has 6 heteroatoms. The molecule has 0 saturated heterocycles. The molecule has 0 fully saturated rings. The van der Waals surface area contributed by atoms with Gasteiger partial charge in [-0.05, 0) is 6.92 Å². The highest BCUT2D eigenvalue weighted by Gasteiger charge is 2.55. The Balaban J connectivity index is 4.78. The number of likely N-dealkylation sites (N-methyl/N-ethyl adjacent to an activating group) is 1. The summed E-state index contributed by atoms with van der Waals surface area (Å²) in [5, 5.41) is 0. The maximum absolute atomic E-state index is 5.64. The van der Waals surface area contributed by atoms with Crippen molar-refractivity contribution in [2.45, 2.75) is 25.9 Å². The number of rotatable bonds is 11. The molecule has 0 aliphatic carbocycles. The predicted molar refractivity (Wildman–Crippen MR) is 83.5 cm³/mol. The van der Waals surface area contributed by atoms with Crippen LogP contribution in [0, 0.1) is 0 Å². The zero-order valence-corrected chi connectivity index (χ0v) is 15.2. The van der Waals surface area contributed by atoms with Crippen LogP contribution in [-0.2, 0) is 18.0 Å². The van der Waals surface area contributed by atoms with Gasteiger partial charge in [-0.3, -0.25) is 0 Å². The van der Waals surface area contributed by atoms with E-state index in [4.69, 9.17) is 18.0 Å². The monoisotopic (exact) mass is 306 g/mol. The van der Waals surface area contributed by atoms with Gasteiger partial charge in [0.25, 0.3) is 0 Å². The summed E-state index contributed by atoms with van der Waals surface area (Å²) < 4.78 is 23.3. The molecule has 0 aromatic rings. The molecule has 20 heavy (non-hydrogen) atoms. The average molecular weight is 306 g/mol. The highest BCUT2D eigenvalue weighted by molar-refractivity contribution is 6.62. The molecule has 0 saturated carbocycles. The molecule has 1 unspecified atom stereocenters. The zero-order chi connectivity index (χ0) is 15.8. The number of nitrogens with zero attached hydrogens (tertiary/aromatic N) is 1. The van der Waals surface area contributed by atoms with Crippen molar-refractivity contribution in [3.05, 3.63) is 12.2 Å². The van der Waals surface area contributed by atoms with Crippen molar-refractivity contribution < 1.29 is 22.5 Å². The fourth-order valence-corrected chi connectivity index (χ4v) is 5.33. The van der Waals surface area contributed by atoms with Crippen molar-refractivity contribution in [1.29, 1.82) is 0 Å². The van der Waals surface area contributed by atoms with Gasteiger partial charge in [-0.15, -0.1) is 0 Å². The second kappa shape index (κ2) is 8.91. The van der Waals surface area contributed by atoms with Crippen LogP contribution in [0.2, 0.25) is 0 Å². The third-order valence-electron chi connectivity index (χ3n) is 3.65. The van der Waals surface area contributed by atoms with Gasteiger partial charge in [0.15, 0.2) is 5.67 Å². The maximum Gasteiger partial charge on any atom is 0.561 e. The highest BCUT2D eigenvalue weighted by Crippen LogP contribution is 2.24. The van der Waals surface area contributed by atoms with Crippen LogP contribution < -0.4 is 0 Å². The molecule has 5 nitrogen and oxygen atoms in total. The average Bonchev–Trinajstić information content (AvgIpc) is 2.40. The molecule has 1 atom stereocenters. The Labute approximate surface area is 125 Å². The largest absolute Gasteiger partial charge is 0.561 e. The molecule has 0 aliphatic rings. The SMILES string of the molecule is C=C(C)COCC[N+](C)(C)C(CC)[Si](OC)(OC)OC. The van der Waals surface area contributed by atoms with E-state index >= 15 is 0 Å². The number of hydrogen-bond acceptors (Lipinski definition) is 4. The minimum Gasteiger partial charge on any atom is -0.373 e. The van der Waals surface area contributed by atoms with Gasteiger partial charge in [0.05, 0.1) is 27.3 Å². The maximum atomic E-state index is 5.64. The van der Waals surface area contributed by atoms with Gasteiger partial charge in [-0.25, -0.2) is 0 Å². The van der Waals surface area contributed by atoms with Crippen molar-refractivity contribution in [3.8, 4) is 0 Å². The van der Waals surface area contributed by atoms with Gasteiger partial charge < -0.3 is 22.5 Å². The number of quaternary nitrogens is 1. The second-order valence-electron chi connectivity index (χ2n) is 5.65. The van der Waals surface area contributed by atoms with Gasteiger partial charge in [-0.2, -0.15) is 0 Å². The van der Waals surface area contributed by atoms with E-state index in [9.17, 15) is 0 Å². The van der Waals surface area contributed by atoms with Gasteiger partial charge >= 0.3 is 8.80 Å². The fourth-order valence-electron chi connectivity index (χ4n) is 2.53. The summed E-state index contributed by atoms with van der Waals surface area (Å²) in [6.07, 6.45) is 0.926. The molecule has 0 N–H and O–H groups in total. The van der Waals surface area contributed by atoms with E-state index in [-0.39, 0.29) is 5.67 Å². The van der Waals surface area contributed by atoms with Crippen molar-refractivity contribution in [3.63, 3.8) is 0 Å². The summed E-state index contributed by atoms with van der Waals surface area (Å²) in [5.74, 6) is 0. The van der Waals surface area contributed by atoms with Crippen LogP contribution in [0.5, 0.6) is 0 Å². The first-order valence-corrected chi connectivity index (χ1v) is 8.80. The molecule has 0 aliphatic heterocycles. The number of hydrogen-bond donors (Lipinski definition) is 0. The minimum atomic E-state index is -2.67. The minimum absolute atomic E-state index is 0.177. The number of ether oxygens (including phenoxy) is 1. The predicted octanol–water partition coefficient (Wildman–Crippen LogP) is 1.85.